The van der Waals surface area contributed by atoms with E-state index < -0.39 is 6.04 Å². The van der Waals surface area contributed by atoms with Crippen LogP contribution in [0.3, 0.4) is 0 Å². The van der Waals surface area contributed by atoms with Gasteiger partial charge in [-0.1, -0.05) is 17.7 Å². The van der Waals surface area contributed by atoms with Gasteiger partial charge in [-0.05, 0) is 73.9 Å². The van der Waals surface area contributed by atoms with E-state index in [1.165, 1.54) is 0 Å². The average Bonchev–Trinajstić information content (AvgIpc) is 3.54. The topological polar surface area (TPSA) is 91.0 Å². The predicted molar refractivity (Wildman–Crippen MR) is 136 cm³/mol. The van der Waals surface area contributed by atoms with E-state index in [9.17, 15) is 9.59 Å². The van der Waals surface area contributed by atoms with Crippen LogP contribution in [0.4, 0.5) is 0 Å². The molecule has 0 radical (unpaired) electrons. The number of likely N-dealkylation sites (tertiary alicyclic amines) is 1. The summed E-state index contributed by atoms with van der Waals surface area (Å²) in [6.45, 7) is 3.45. The second-order valence-corrected chi connectivity index (χ2v) is 9.30. The Hall–Kier alpha value is -3.71. The van der Waals surface area contributed by atoms with Crippen LogP contribution in [0, 0.1) is 6.92 Å². The fourth-order valence-corrected chi connectivity index (χ4v) is 4.65. The summed E-state index contributed by atoms with van der Waals surface area (Å²) >= 11 is 6.13. The van der Waals surface area contributed by atoms with Gasteiger partial charge in [-0.25, -0.2) is 4.98 Å². The van der Waals surface area contributed by atoms with Crippen molar-refractivity contribution in [3.8, 4) is 0 Å². The summed E-state index contributed by atoms with van der Waals surface area (Å²) in [6, 6.07) is 15.9. The fraction of sp³-hybridized carbons (Fsp3) is 0.259. The third kappa shape index (κ3) is 5.05. The molecule has 2 aromatic carbocycles. The molecule has 35 heavy (non-hydrogen) atoms. The lowest BCUT2D eigenvalue weighted by molar-refractivity contribution is 0.0791. The number of nitrogens with one attached hydrogen (secondary N) is 2. The van der Waals surface area contributed by atoms with Gasteiger partial charge in [-0.2, -0.15) is 0 Å². The van der Waals surface area contributed by atoms with Crippen molar-refractivity contribution in [1.29, 1.82) is 0 Å². The number of halogens is 1. The predicted octanol–water partition coefficient (Wildman–Crippen LogP) is 4.87. The molecule has 1 aliphatic heterocycles. The molecule has 2 amide bonds. The van der Waals surface area contributed by atoms with Gasteiger partial charge in [0.1, 0.15) is 5.82 Å². The Morgan fingerprint density at radius 2 is 1.94 bits per heavy atom. The first-order valence-corrected chi connectivity index (χ1v) is 12.1. The summed E-state index contributed by atoms with van der Waals surface area (Å²) in [6.07, 6.45) is 4.27. The van der Waals surface area contributed by atoms with E-state index in [1.807, 2.05) is 36.1 Å². The molecule has 2 aromatic heterocycles. The third-order valence-corrected chi connectivity index (χ3v) is 6.59. The monoisotopic (exact) mass is 487 g/mol. The van der Waals surface area contributed by atoms with E-state index >= 15 is 0 Å². The molecule has 1 aliphatic rings. The highest BCUT2D eigenvalue weighted by atomic mass is 35.5. The summed E-state index contributed by atoms with van der Waals surface area (Å²) in [5.41, 5.74) is 4.32. The van der Waals surface area contributed by atoms with Crippen LogP contribution in [0.15, 0.2) is 60.8 Å². The van der Waals surface area contributed by atoms with Crippen LogP contribution in [0.2, 0.25) is 5.02 Å². The van der Waals surface area contributed by atoms with Crippen molar-refractivity contribution < 1.29 is 9.59 Å². The van der Waals surface area contributed by atoms with E-state index in [0.717, 1.165) is 48.2 Å². The minimum absolute atomic E-state index is 0.0286. The molecule has 1 fully saturated rings. The molecule has 1 unspecified atom stereocenters. The molecule has 2 N–H and O–H groups in total. The van der Waals surface area contributed by atoms with Crippen LogP contribution in [0.1, 0.15) is 56.7 Å². The molecule has 0 saturated carbocycles. The number of aryl methyl sites for hydroxylation is 1. The van der Waals surface area contributed by atoms with Gasteiger partial charge in [0.15, 0.2) is 0 Å². The second kappa shape index (κ2) is 9.88. The summed E-state index contributed by atoms with van der Waals surface area (Å²) in [5.74, 6) is 0.410. The van der Waals surface area contributed by atoms with E-state index in [4.69, 9.17) is 11.6 Å². The maximum Gasteiger partial charge on any atom is 0.254 e. The molecular formula is C27H26ClN5O2. The van der Waals surface area contributed by atoms with Crippen molar-refractivity contribution >= 4 is 34.4 Å². The zero-order valence-electron chi connectivity index (χ0n) is 19.4. The van der Waals surface area contributed by atoms with Gasteiger partial charge in [-0.15, -0.1) is 0 Å². The molecule has 7 nitrogen and oxygen atoms in total. The zero-order chi connectivity index (χ0) is 24.4. The number of amides is 2. The number of pyridine rings is 1. The Morgan fingerprint density at radius 1 is 1.11 bits per heavy atom. The number of nitrogens with zero attached hydrogens (tertiary/aromatic N) is 3. The lowest BCUT2D eigenvalue weighted by Crippen LogP contribution is -2.31. The maximum absolute atomic E-state index is 13.3. The Balaban J connectivity index is 1.40. The summed E-state index contributed by atoms with van der Waals surface area (Å²) in [4.78, 5) is 40.4. The SMILES string of the molecule is Cc1cc(C(=O)NC(Cc2ccccn2)c2nc3cc(Cl)ccc3[nH]2)ccc1C(=O)N1CCCC1. The standard InChI is InChI=1S/C27H26ClN5O2/c1-17-14-18(7-9-21(17)27(35)33-12-4-5-13-33)26(34)32-24(16-20-6-2-3-11-29-20)25-30-22-10-8-19(28)15-23(22)31-25/h2-3,6-11,14-15,24H,4-5,12-13,16H2,1H3,(H,30,31)(H,32,34). The number of carbonyl (C=O) groups excluding carboxylic acids is 2. The first-order chi connectivity index (χ1) is 17.0. The quantitative estimate of drug-likeness (QED) is 0.406. The van der Waals surface area contributed by atoms with Crippen LogP contribution in [0.25, 0.3) is 11.0 Å². The fourth-order valence-electron chi connectivity index (χ4n) is 4.48. The lowest BCUT2D eigenvalue weighted by atomic mass is 10.0. The molecule has 8 heteroatoms. The number of benzene rings is 2. The first-order valence-electron chi connectivity index (χ1n) is 11.7. The smallest absolute Gasteiger partial charge is 0.254 e. The van der Waals surface area contributed by atoms with Crippen LogP contribution in [-0.2, 0) is 6.42 Å². The normalized spacial score (nSPS) is 14.3. The number of hydrogen-bond donors (Lipinski definition) is 2. The molecule has 3 heterocycles. The molecule has 4 aromatic rings. The number of fused-ring (bicyclic) bond motifs is 1. The molecular weight excluding hydrogens is 462 g/mol. The summed E-state index contributed by atoms with van der Waals surface area (Å²) < 4.78 is 0. The van der Waals surface area contributed by atoms with Crippen molar-refractivity contribution in [3.05, 3.63) is 94.0 Å². The Kier molecular flexibility index (Phi) is 6.51. The van der Waals surface area contributed by atoms with Crippen LogP contribution in [-0.4, -0.2) is 44.8 Å². The van der Waals surface area contributed by atoms with Crippen molar-refractivity contribution in [1.82, 2.24) is 25.2 Å². The van der Waals surface area contributed by atoms with Crippen LogP contribution in [0.5, 0.6) is 0 Å². The van der Waals surface area contributed by atoms with Crippen LogP contribution >= 0.6 is 11.6 Å². The van der Waals surface area contributed by atoms with Gasteiger partial charge in [0, 0.05) is 47.6 Å². The average molecular weight is 488 g/mol. The molecule has 1 saturated heterocycles. The number of rotatable bonds is 6. The Bertz CT molecular complexity index is 1380. The zero-order valence-corrected chi connectivity index (χ0v) is 20.2. The van der Waals surface area contributed by atoms with Gasteiger partial charge in [-0.3, -0.25) is 14.6 Å². The molecule has 0 bridgehead atoms. The number of aromatic nitrogens is 3. The third-order valence-electron chi connectivity index (χ3n) is 6.35. The van der Waals surface area contributed by atoms with Crippen molar-refractivity contribution in [2.45, 2.75) is 32.2 Å². The Morgan fingerprint density at radius 3 is 2.69 bits per heavy atom. The van der Waals surface area contributed by atoms with Crippen LogP contribution < -0.4 is 5.32 Å². The van der Waals surface area contributed by atoms with E-state index in [-0.39, 0.29) is 11.8 Å². The number of carbonyl (C=O) groups is 2. The van der Waals surface area contributed by atoms with Gasteiger partial charge < -0.3 is 15.2 Å². The summed E-state index contributed by atoms with van der Waals surface area (Å²) in [5, 5.41) is 3.70. The number of imidazole rings is 1. The van der Waals surface area contributed by atoms with Crippen molar-refractivity contribution in [3.63, 3.8) is 0 Å². The maximum atomic E-state index is 13.3. The molecule has 5 rings (SSSR count). The highest BCUT2D eigenvalue weighted by Gasteiger charge is 2.23. The molecule has 0 spiro atoms. The molecule has 1 atom stereocenters. The number of H-pyrrole nitrogens is 1. The van der Waals surface area contributed by atoms with E-state index in [0.29, 0.717) is 28.4 Å². The number of aromatic amines is 1. The van der Waals surface area contributed by atoms with Gasteiger partial charge in [0.2, 0.25) is 0 Å². The minimum Gasteiger partial charge on any atom is -0.342 e. The Labute approximate surface area is 208 Å². The van der Waals surface area contributed by atoms with Crippen molar-refractivity contribution in [2.75, 3.05) is 13.1 Å². The lowest BCUT2D eigenvalue weighted by Gasteiger charge is -2.19. The highest BCUT2D eigenvalue weighted by Crippen LogP contribution is 2.23. The van der Waals surface area contributed by atoms with Gasteiger partial charge in [0.25, 0.3) is 11.8 Å². The van der Waals surface area contributed by atoms with E-state index in [2.05, 4.69) is 20.3 Å². The largest absolute Gasteiger partial charge is 0.342 e. The van der Waals surface area contributed by atoms with Gasteiger partial charge in [0.05, 0.1) is 17.1 Å². The number of hydrogen-bond acceptors (Lipinski definition) is 4. The highest BCUT2D eigenvalue weighted by molar-refractivity contribution is 6.31. The van der Waals surface area contributed by atoms with Gasteiger partial charge >= 0.3 is 0 Å². The first kappa shape index (κ1) is 23.1. The minimum atomic E-state index is -0.435. The van der Waals surface area contributed by atoms with Crippen molar-refractivity contribution in [2.24, 2.45) is 0 Å². The summed E-state index contributed by atoms with van der Waals surface area (Å²) in [7, 11) is 0. The molecule has 0 aliphatic carbocycles. The van der Waals surface area contributed by atoms with E-state index in [1.54, 1.807) is 36.5 Å². The molecule has 178 valence electrons. The second-order valence-electron chi connectivity index (χ2n) is 8.86.